The number of benzene rings is 1. The summed E-state index contributed by atoms with van der Waals surface area (Å²) in [6.45, 7) is 14.5. The average molecular weight is 613 g/mol. The van der Waals surface area contributed by atoms with Crippen LogP contribution in [0, 0.1) is 11.8 Å². The van der Waals surface area contributed by atoms with Crippen LogP contribution in [0.2, 0.25) is 0 Å². The van der Waals surface area contributed by atoms with E-state index < -0.39 is 0 Å². The van der Waals surface area contributed by atoms with Crippen LogP contribution in [0.5, 0.6) is 5.75 Å². The van der Waals surface area contributed by atoms with Crippen LogP contribution in [0.1, 0.15) is 76.7 Å². The normalized spacial score (nSPS) is 14.4. The molecular weight excluding hydrogens is 566 g/mol. The van der Waals surface area contributed by atoms with E-state index in [1.54, 1.807) is 13.3 Å². The number of likely N-dealkylation sites (tertiary alicyclic amines) is 1. The predicted molar refractivity (Wildman–Crippen MR) is 167 cm³/mol. The number of imidazole rings is 1. The van der Waals surface area contributed by atoms with E-state index in [0.717, 1.165) is 78.1 Å². The zero-order valence-electron chi connectivity index (χ0n) is 25.0. The highest BCUT2D eigenvalue weighted by Crippen LogP contribution is 2.34. The molecule has 1 amide bonds. The van der Waals surface area contributed by atoms with Crippen molar-refractivity contribution in [3.63, 3.8) is 0 Å². The molecule has 0 aliphatic carbocycles. The lowest BCUT2D eigenvalue weighted by Gasteiger charge is -2.26. The quantitative estimate of drug-likeness (QED) is 0.203. The third-order valence-electron chi connectivity index (χ3n) is 7.80. The Hall–Kier alpha value is -2.45. The van der Waals surface area contributed by atoms with Gasteiger partial charge in [0, 0.05) is 24.1 Å². The summed E-state index contributed by atoms with van der Waals surface area (Å²) in [6, 6.07) is 7.95. The van der Waals surface area contributed by atoms with E-state index in [1.807, 2.05) is 23.1 Å². The Labute approximate surface area is 248 Å². The molecule has 7 nitrogen and oxygen atoms in total. The van der Waals surface area contributed by atoms with E-state index >= 15 is 0 Å². The highest BCUT2D eigenvalue weighted by molar-refractivity contribution is 9.10. The number of ether oxygens (including phenoxy) is 1. The second kappa shape index (κ2) is 14.4. The molecule has 4 rings (SSSR count). The standard InChI is InChI=1S/C32H46BrN5O2/c1-23(2)12-18-37(19-13-24(3)4)32(39)27-21-29-28(22-34-27)35-31(26-20-25(33)10-11-30(26)40-5)38(29)17-9-16-36-14-7-6-8-15-36/h10-11,20-24H,6-9,12-19H2,1-5H3. The molecule has 8 heteroatoms. The molecule has 0 atom stereocenters. The molecule has 0 radical (unpaired) electrons. The van der Waals surface area contributed by atoms with Crippen LogP contribution in [0.4, 0.5) is 0 Å². The smallest absolute Gasteiger partial charge is 0.272 e. The fourth-order valence-corrected chi connectivity index (χ4v) is 5.73. The van der Waals surface area contributed by atoms with Gasteiger partial charge in [-0.3, -0.25) is 4.79 Å². The van der Waals surface area contributed by atoms with Crippen molar-refractivity contribution in [2.45, 2.75) is 72.8 Å². The first-order valence-electron chi connectivity index (χ1n) is 15.0. The number of rotatable bonds is 13. The molecule has 3 heterocycles. The van der Waals surface area contributed by atoms with Gasteiger partial charge in [0.15, 0.2) is 0 Å². The number of methoxy groups -OCH3 is 1. The molecule has 3 aromatic rings. The topological polar surface area (TPSA) is 63.5 Å². The van der Waals surface area contributed by atoms with E-state index in [4.69, 9.17) is 9.72 Å². The molecule has 0 N–H and O–H groups in total. The lowest BCUT2D eigenvalue weighted by Crippen LogP contribution is -2.34. The van der Waals surface area contributed by atoms with Crippen LogP contribution in [0.15, 0.2) is 34.9 Å². The first-order chi connectivity index (χ1) is 19.3. The molecule has 0 saturated carbocycles. The van der Waals surface area contributed by atoms with Crippen LogP contribution in [-0.2, 0) is 6.54 Å². The van der Waals surface area contributed by atoms with Crippen LogP contribution in [0.3, 0.4) is 0 Å². The van der Waals surface area contributed by atoms with Gasteiger partial charge in [-0.25, -0.2) is 9.97 Å². The van der Waals surface area contributed by atoms with E-state index in [9.17, 15) is 4.79 Å². The lowest BCUT2D eigenvalue weighted by atomic mass is 10.1. The van der Waals surface area contributed by atoms with Crippen molar-refractivity contribution in [1.29, 1.82) is 0 Å². The number of aromatic nitrogens is 3. The fraction of sp³-hybridized carbons (Fsp3) is 0.594. The van der Waals surface area contributed by atoms with Crippen LogP contribution in [-0.4, -0.2) is 70.1 Å². The Morgan fingerprint density at radius 2 is 1.73 bits per heavy atom. The van der Waals surface area contributed by atoms with E-state index in [2.05, 4.69) is 64.1 Å². The molecule has 40 heavy (non-hydrogen) atoms. The molecule has 2 aromatic heterocycles. The molecule has 1 fully saturated rings. The van der Waals surface area contributed by atoms with Crippen LogP contribution in [0.25, 0.3) is 22.4 Å². The van der Waals surface area contributed by atoms with Gasteiger partial charge in [0.25, 0.3) is 5.91 Å². The number of aryl methyl sites for hydroxylation is 1. The van der Waals surface area contributed by atoms with Gasteiger partial charge in [-0.1, -0.05) is 50.0 Å². The summed E-state index contributed by atoms with van der Waals surface area (Å²) < 4.78 is 8.96. The van der Waals surface area contributed by atoms with Gasteiger partial charge < -0.3 is 19.1 Å². The summed E-state index contributed by atoms with van der Waals surface area (Å²) in [4.78, 5) is 28.0. The molecule has 1 saturated heterocycles. The minimum atomic E-state index is 0.00542. The Morgan fingerprint density at radius 1 is 1.02 bits per heavy atom. The van der Waals surface area contributed by atoms with Crippen molar-refractivity contribution in [2.75, 3.05) is 39.8 Å². The second-order valence-electron chi connectivity index (χ2n) is 11.9. The van der Waals surface area contributed by atoms with Gasteiger partial charge in [0.2, 0.25) is 0 Å². The van der Waals surface area contributed by atoms with Crippen LogP contribution < -0.4 is 4.74 Å². The number of hydrogen-bond acceptors (Lipinski definition) is 5. The fourth-order valence-electron chi connectivity index (χ4n) is 5.37. The molecule has 1 aliphatic heterocycles. The van der Waals surface area contributed by atoms with Gasteiger partial charge in [-0.05, 0) is 87.8 Å². The predicted octanol–water partition coefficient (Wildman–Crippen LogP) is 7.28. The van der Waals surface area contributed by atoms with Crippen molar-refractivity contribution in [3.05, 3.63) is 40.6 Å². The summed E-state index contributed by atoms with van der Waals surface area (Å²) >= 11 is 3.63. The summed E-state index contributed by atoms with van der Waals surface area (Å²) in [5.74, 6) is 2.69. The van der Waals surface area contributed by atoms with E-state index in [-0.39, 0.29) is 5.91 Å². The minimum Gasteiger partial charge on any atom is -0.496 e. The molecule has 0 bridgehead atoms. The maximum Gasteiger partial charge on any atom is 0.272 e. The maximum atomic E-state index is 13.8. The Kier molecular flexibility index (Phi) is 11.0. The highest BCUT2D eigenvalue weighted by Gasteiger charge is 2.22. The first kappa shape index (κ1) is 30.5. The van der Waals surface area contributed by atoms with Crippen molar-refractivity contribution >= 4 is 32.9 Å². The average Bonchev–Trinajstić information content (AvgIpc) is 3.30. The van der Waals surface area contributed by atoms with Gasteiger partial charge in [-0.2, -0.15) is 0 Å². The number of pyridine rings is 1. The molecule has 1 aromatic carbocycles. The molecule has 0 unspecified atom stereocenters. The number of piperidine rings is 1. The zero-order chi connectivity index (χ0) is 28.6. The summed E-state index contributed by atoms with van der Waals surface area (Å²) in [5.41, 5.74) is 3.16. The van der Waals surface area contributed by atoms with E-state index in [1.165, 1.54) is 32.4 Å². The largest absolute Gasteiger partial charge is 0.496 e. The number of carbonyl (C=O) groups excluding carboxylic acids is 1. The summed E-state index contributed by atoms with van der Waals surface area (Å²) in [5, 5.41) is 0. The summed E-state index contributed by atoms with van der Waals surface area (Å²) in [7, 11) is 1.69. The van der Waals surface area contributed by atoms with Gasteiger partial charge >= 0.3 is 0 Å². The monoisotopic (exact) mass is 611 g/mol. The summed E-state index contributed by atoms with van der Waals surface area (Å²) in [6.07, 6.45) is 8.65. The SMILES string of the molecule is COc1ccc(Br)cc1-c1nc2cnc(C(=O)N(CCC(C)C)CCC(C)C)cc2n1CCCN1CCCCC1. The number of amides is 1. The first-order valence-corrected chi connectivity index (χ1v) is 15.8. The molecule has 0 spiro atoms. The van der Waals surface area contributed by atoms with Gasteiger partial charge in [0.1, 0.15) is 22.8 Å². The third-order valence-corrected chi connectivity index (χ3v) is 8.29. The highest BCUT2D eigenvalue weighted by atomic mass is 79.9. The van der Waals surface area contributed by atoms with Crippen molar-refractivity contribution in [2.24, 2.45) is 11.8 Å². The molecule has 218 valence electrons. The number of halogens is 1. The van der Waals surface area contributed by atoms with Crippen molar-refractivity contribution < 1.29 is 9.53 Å². The maximum absolute atomic E-state index is 13.8. The molecular formula is C32H46BrN5O2. The van der Waals surface area contributed by atoms with Gasteiger partial charge in [0.05, 0.1) is 24.4 Å². The second-order valence-corrected chi connectivity index (χ2v) is 12.8. The Morgan fingerprint density at radius 3 is 2.38 bits per heavy atom. The van der Waals surface area contributed by atoms with Crippen LogP contribution >= 0.6 is 15.9 Å². The van der Waals surface area contributed by atoms with Crippen molar-refractivity contribution in [1.82, 2.24) is 24.3 Å². The Balaban J connectivity index is 1.70. The van der Waals surface area contributed by atoms with Gasteiger partial charge in [-0.15, -0.1) is 0 Å². The van der Waals surface area contributed by atoms with E-state index in [0.29, 0.717) is 17.5 Å². The third kappa shape index (κ3) is 7.84. The number of nitrogens with zero attached hydrogens (tertiary/aromatic N) is 5. The zero-order valence-corrected chi connectivity index (χ0v) is 26.5. The minimum absolute atomic E-state index is 0.00542. The number of carbonyl (C=O) groups is 1. The Bertz CT molecular complexity index is 1250. The molecule has 1 aliphatic rings. The lowest BCUT2D eigenvalue weighted by molar-refractivity contribution is 0.0735. The van der Waals surface area contributed by atoms with Crippen molar-refractivity contribution in [3.8, 4) is 17.1 Å². The number of fused-ring (bicyclic) bond motifs is 1. The number of hydrogen-bond donors (Lipinski definition) is 0.